The first kappa shape index (κ1) is 13.4. The molecular formula is C14H13ClN2O2. The minimum Gasteiger partial charge on any atom is -0.443 e. The van der Waals surface area contributed by atoms with Gasteiger partial charge in [-0.05, 0) is 39.0 Å². The summed E-state index contributed by atoms with van der Waals surface area (Å²) in [5.41, 5.74) is 0.393. The van der Waals surface area contributed by atoms with Crippen LogP contribution in [0.5, 0.6) is 0 Å². The van der Waals surface area contributed by atoms with Crippen LogP contribution in [0.15, 0.2) is 24.4 Å². The van der Waals surface area contributed by atoms with Crippen molar-refractivity contribution in [2.24, 2.45) is 0 Å². The maximum atomic E-state index is 12.1. The molecule has 2 rings (SSSR count). The molecule has 0 unspecified atom stereocenters. The van der Waals surface area contributed by atoms with E-state index in [2.05, 4.69) is 0 Å². The molecule has 1 heterocycles. The quantitative estimate of drug-likeness (QED) is 0.732. The number of nitrogens with zero attached hydrogens (tertiary/aromatic N) is 2. The average molecular weight is 277 g/mol. The van der Waals surface area contributed by atoms with Crippen LogP contribution in [0.1, 0.15) is 26.3 Å². The molecule has 0 amide bonds. The highest BCUT2D eigenvalue weighted by Crippen LogP contribution is 2.27. The lowest BCUT2D eigenvalue weighted by Gasteiger charge is -2.19. The van der Waals surface area contributed by atoms with Crippen molar-refractivity contribution < 1.29 is 9.53 Å². The number of carbonyl (C=O) groups excluding carboxylic acids is 1. The highest BCUT2D eigenvalue weighted by atomic mass is 35.5. The summed E-state index contributed by atoms with van der Waals surface area (Å²) in [5.74, 6) is 0. The van der Waals surface area contributed by atoms with Gasteiger partial charge in [0, 0.05) is 11.6 Å². The second kappa shape index (κ2) is 4.60. The molecule has 0 atom stereocenters. The maximum Gasteiger partial charge on any atom is 0.418 e. The predicted octanol–water partition coefficient (Wildman–Crippen LogP) is 3.95. The van der Waals surface area contributed by atoms with Crippen molar-refractivity contribution in [2.75, 3.05) is 0 Å². The molecule has 0 fully saturated rings. The fraction of sp³-hybridized carbons (Fsp3) is 0.286. The van der Waals surface area contributed by atoms with E-state index in [1.807, 2.05) is 6.07 Å². The zero-order valence-electron chi connectivity index (χ0n) is 10.9. The molecule has 0 N–H and O–H groups in total. The largest absolute Gasteiger partial charge is 0.443 e. The molecule has 0 spiro atoms. The van der Waals surface area contributed by atoms with Gasteiger partial charge in [0.15, 0.2) is 0 Å². The number of hydrogen-bond acceptors (Lipinski definition) is 3. The molecule has 0 aliphatic carbocycles. The summed E-state index contributed by atoms with van der Waals surface area (Å²) in [4.78, 5) is 12.1. The van der Waals surface area contributed by atoms with Crippen molar-refractivity contribution in [1.82, 2.24) is 4.57 Å². The summed E-state index contributed by atoms with van der Waals surface area (Å²) in [6.45, 7) is 5.39. The molecule has 19 heavy (non-hydrogen) atoms. The first-order valence-electron chi connectivity index (χ1n) is 5.76. The number of carbonyl (C=O) groups is 1. The van der Waals surface area contributed by atoms with E-state index in [0.717, 1.165) is 0 Å². The second-order valence-electron chi connectivity index (χ2n) is 5.17. The lowest BCUT2D eigenvalue weighted by Crippen LogP contribution is -2.26. The van der Waals surface area contributed by atoms with Crippen LogP contribution in [0.2, 0.25) is 5.02 Å². The smallest absolute Gasteiger partial charge is 0.418 e. The molecule has 98 valence electrons. The number of benzene rings is 1. The molecule has 4 nitrogen and oxygen atoms in total. The van der Waals surface area contributed by atoms with Crippen LogP contribution in [-0.2, 0) is 4.74 Å². The number of aromatic nitrogens is 1. The number of fused-ring (bicyclic) bond motifs is 1. The van der Waals surface area contributed by atoms with E-state index in [1.54, 1.807) is 45.2 Å². The Balaban J connectivity index is 2.54. The third-order valence-corrected chi connectivity index (χ3v) is 2.79. The van der Waals surface area contributed by atoms with Gasteiger partial charge in [0.1, 0.15) is 5.60 Å². The van der Waals surface area contributed by atoms with Gasteiger partial charge in [0.25, 0.3) is 0 Å². The van der Waals surface area contributed by atoms with Crippen LogP contribution < -0.4 is 0 Å². The van der Waals surface area contributed by atoms with E-state index in [9.17, 15) is 4.79 Å². The van der Waals surface area contributed by atoms with E-state index < -0.39 is 11.7 Å². The molecule has 1 aromatic heterocycles. The summed E-state index contributed by atoms with van der Waals surface area (Å²) < 4.78 is 6.66. The summed E-state index contributed by atoms with van der Waals surface area (Å²) in [6.07, 6.45) is 1.10. The van der Waals surface area contributed by atoms with Gasteiger partial charge in [-0.3, -0.25) is 4.57 Å². The van der Waals surface area contributed by atoms with E-state index in [-0.39, 0.29) is 0 Å². The Morgan fingerprint density at radius 3 is 2.68 bits per heavy atom. The van der Waals surface area contributed by atoms with E-state index in [1.165, 1.54) is 4.57 Å². The van der Waals surface area contributed by atoms with Crippen LogP contribution in [0.4, 0.5) is 4.79 Å². The van der Waals surface area contributed by atoms with Crippen LogP contribution >= 0.6 is 11.6 Å². The van der Waals surface area contributed by atoms with E-state index in [4.69, 9.17) is 21.6 Å². The third kappa shape index (κ3) is 2.72. The molecule has 2 aromatic rings. The van der Waals surface area contributed by atoms with Crippen LogP contribution in [0.3, 0.4) is 0 Å². The predicted molar refractivity (Wildman–Crippen MR) is 73.3 cm³/mol. The lowest BCUT2D eigenvalue weighted by atomic mass is 10.2. The molecule has 0 radical (unpaired) electrons. The molecule has 0 bridgehead atoms. The van der Waals surface area contributed by atoms with Gasteiger partial charge in [-0.1, -0.05) is 11.6 Å². The standard InChI is InChI=1S/C14H13ClN2O2/c1-14(2,3)19-13(18)17-5-4-10-11(15)6-9(8-16)7-12(10)17/h4-7H,1-3H3. The molecular weight excluding hydrogens is 264 g/mol. The zero-order valence-corrected chi connectivity index (χ0v) is 11.7. The number of halogens is 1. The Bertz CT molecular complexity index is 690. The normalized spacial score (nSPS) is 11.3. The van der Waals surface area contributed by atoms with Crippen molar-refractivity contribution in [3.05, 3.63) is 35.0 Å². The summed E-state index contributed by atoms with van der Waals surface area (Å²) in [7, 11) is 0. The van der Waals surface area contributed by atoms with Gasteiger partial charge < -0.3 is 4.74 Å². The van der Waals surface area contributed by atoms with Gasteiger partial charge in [0.2, 0.25) is 0 Å². The SMILES string of the molecule is CC(C)(C)OC(=O)n1ccc2c(Cl)cc(C#N)cc21. The fourth-order valence-corrected chi connectivity index (χ4v) is 2.01. The number of nitriles is 1. The Morgan fingerprint density at radius 2 is 2.11 bits per heavy atom. The van der Waals surface area contributed by atoms with Crippen molar-refractivity contribution in [2.45, 2.75) is 26.4 Å². The Kier molecular flexibility index (Phi) is 3.25. The average Bonchev–Trinajstić information content (AvgIpc) is 2.70. The summed E-state index contributed by atoms with van der Waals surface area (Å²) in [5, 5.41) is 10.1. The van der Waals surface area contributed by atoms with E-state index >= 15 is 0 Å². The Labute approximate surface area is 116 Å². The van der Waals surface area contributed by atoms with Crippen LogP contribution in [0.25, 0.3) is 10.9 Å². The van der Waals surface area contributed by atoms with Crippen molar-refractivity contribution >= 4 is 28.6 Å². The number of ether oxygens (including phenoxy) is 1. The second-order valence-corrected chi connectivity index (χ2v) is 5.58. The summed E-state index contributed by atoms with van der Waals surface area (Å²) >= 11 is 6.08. The third-order valence-electron chi connectivity index (χ3n) is 2.48. The minimum absolute atomic E-state index is 0.404. The molecule has 0 aliphatic rings. The van der Waals surface area contributed by atoms with Crippen molar-refractivity contribution in [3.8, 4) is 6.07 Å². The number of rotatable bonds is 0. The van der Waals surface area contributed by atoms with Crippen molar-refractivity contribution in [3.63, 3.8) is 0 Å². The van der Waals surface area contributed by atoms with Crippen LogP contribution in [0, 0.1) is 11.3 Å². The first-order chi connectivity index (χ1) is 8.81. The lowest BCUT2D eigenvalue weighted by molar-refractivity contribution is 0.0544. The van der Waals surface area contributed by atoms with Crippen LogP contribution in [-0.4, -0.2) is 16.3 Å². The Morgan fingerprint density at radius 1 is 1.42 bits per heavy atom. The van der Waals surface area contributed by atoms with Gasteiger partial charge in [-0.25, -0.2) is 4.79 Å². The monoisotopic (exact) mass is 276 g/mol. The van der Waals surface area contributed by atoms with Gasteiger partial charge >= 0.3 is 6.09 Å². The van der Waals surface area contributed by atoms with Crippen molar-refractivity contribution in [1.29, 1.82) is 5.26 Å². The fourth-order valence-electron chi connectivity index (χ4n) is 1.73. The van der Waals surface area contributed by atoms with Gasteiger partial charge in [-0.15, -0.1) is 0 Å². The van der Waals surface area contributed by atoms with Gasteiger partial charge in [-0.2, -0.15) is 5.26 Å². The Hall–Kier alpha value is -1.99. The summed E-state index contributed by atoms with van der Waals surface area (Å²) in [6, 6.07) is 6.93. The van der Waals surface area contributed by atoms with E-state index in [0.29, 0.717) is 21.5 Å². The molecule has 0 aliphatic heterocycles. The molecule has 0 saturated heterocycles. The van der Waals surface area contributed by atoms with Gasteiger partial charge in [0.05, 0.1) is 22.2 Å². The topological polar surface area (TPSA) is 55.0 Å². The highest BCUT2D eigenvalue weighted by molar-refractivity contribution is 6.35. The highest BCUT2D eigenvalue weighted by Gasteiger charge is 2.19. The maximum absolute atomic E-state index is 12.1. The minimum atomic E-state index is -0.579. The first-order valence-corrected chi connectivity index (χ1v) is 6.14. The molecule has 1 aromatic carbocycles. The molecule has 0 saturated carbocycles. The number of hydrogen-bond donors (Lipinski definition) is 0. The molecule has 5 heteroatoms. The zero-order chi connectivity index (χ0) is 14.2.